The number of carboxylic acid groups (broad SMARTS) is 1. The third-order valence-corrected chi connectivity index (χ3v) is 9.66. The van der Waals surface area contributed by atoms with E-state index in [1.54, 1.807) is 25.1 Å². The Labute approximate surface area is 253 Å². The van der Waals surface area contributed by atoms with Gasteiger partial charge in [0.05, 0.1) is 22.8 Å². The van der Waals surface area contributed by atoms with Gasteiger partial charge >= 0.3 is 5.97 Å². The zero-order valence-electron chi connectivity index (χ0n) is 25.8. The van der Waals surface area contributed by atoms with Crippen molar-refractivity contribution >= 4 is 32.5 Å². The first-order valence-electron chi connectivity index (χ1n) is 14.5. The zero-order valence-corrected chi connectivity index (χ0v) is 26.6. The maximum atomic E-state index is 14.0. The van der Waals surface area contributed by atoms with E-state index in [9.17, 15) is 18.3 Å². The van der Waals surface area contributed by atoms with Crippen molar-refractivity contribution in [3.05, 3.63) is 88.0 Å². The summed E-state index contributed by atoms with van der Waals surface area (Å²) < 4.78 is 42.9. The number of anilines is 1. The summed E-state index contributed by atoms with van der Waals surface area (Å²) in [6.07, 6.45) is 0.424. The molecular formula is C35H39NO6S. The van der Waals surface area contributed by atoms with Crippen LogP contribution in [0.25, 0.3) is 21.9 Å². The Morgan fingerprint density at radius 2 is 1.63 bits per heavy atom. The molecule has 8 heteroatoms. The van der Waals surface area contributed by atoms with Crippen molar-refractivity contribution in [1.82, 2.24) is 0 Å². The summed E-state index contributed by atoms with van der Waals surface area (Å²) in [5, 5.41) is 12.0. The number of nitrogens with one attached hydrogen (secondary N) is 1. The summed E-state index contributed by atoms with van der Waals surface area (Å²) in [5.41, 5.74) is 5.75. The average Bonchev–Trinajstić information content (AvgIpc) is 2.96. The molecule has 1 atom stereocenters. The van der Waals surface area contributed by atoms with E-state index < -0.39 is 27.7 Å². The highest BCUT2D eigenvalue weighted by Crippen LogP contribution is 2.46. The molecule has 1 heterocycles. The molecule has 0 saturated carbocycles. The van der Waals surface area contributed by atoms with Gasteiger partial charge in [-0.1, -0.05) is 42.5 Å². The molecule has 4 aromatic carbocycles. The van der Waals surface area contributed by atoms with Crippen molar-refractivity contribution in [3.8, 4) is 16.9 Å². The number of fused-ring (bicyclic) bond motifs is 2. The van der Waals surface area contributed by atoms with Crippen LogP contribution in [0.1, 0.15) is 66.7 Å². The largest absolute Gasteiger partial charge is 0.493 e. The van der Waals surface area contributed by atoms with Crippen LogP contribution in [0, 0.1) is 27.7 Å². The predicted octanol–water partition coefficient (Wildman–Crippen LogP) is 7.81. The van der Waals surface area contributed by atoms with Gasteiger partial charge in [0.2, 0.25) is 0 Å². The van der Waals surface area contributed by atoms with E-state index in [1.165, 1.54) is 0 Å². The minimum Gasteiger partial charge on any atom is -0.493 e. The van der Waals surface area contributed by atoms with Gasteiger partial charge in [-0.05, 0) is 118 Å². The van der Waals surface area contributed by atoms with Crippen LogP contribution < -0.4 is 9.46 Å². The van der Waals surface area contributed by atoms with Gasteiger partial charge in [-0.2, -0.15) is 0 Å². The molecule has 0 amide bonds. The molecule has 226 valence electrons. The molecule has 0 spiro atoms. The fourth-order valence-electron chi connectivity index (χ4n) is 6.09. The normalized spacial score (nSPS) is 14.2. The molecule has 0 unspecified atom stereocenters. The topological polar surface area (TPSA) is 102 Å². The Morgan fingerprint density at radius 3 is 2.33 bits per heavy atom. The van der Waals surface area contributed by atoms with Crippen molar-refractivity contribution in [3.63, 3.8) is 0 Å². The molecule has 0 radical (unpaired) electrons. The second-order valence-corrected chi connectivity index (χ2v) is 13.9. The molecule has 5 rings (SSSR count). The number of benzene rings is 4. The van der Waals surface area contributed by atoms with Gasteiger partial charge in [0.1, 0.15) is 5.75 Å². The highest BCUT2D eigenvalue weighted by atomic mass is 32.2. The van der Waals surface area contributed by atoms with Gasteiger partial charge in [-0.25, -0.2) is 13.2 Å². The fourth-order valence-corrected chi connectivity index (χ4v) is 7.51. The second-order valence-electron chi connectivity index (χ2n) is 12.2. The summed E-state index contributed by atoms with van der Waals surface area (Å²) in [4.78, 5) is 13.1. The Balaban J connectivity index is 1.78. The van der Waals surface area contributed by atoms with Crippen LogP contribution in [0.3, 0.4) is 0 Å². The first-order chi connectivity index (χ1) is 20.2. The standard InChI is InChI=1S/C35H39NO6S/c1-20-21(2)32(36-43(39,40)29-16-10-13-24-12-8-9-14-27(24)29)23(4)31(33(34(37)38)42-35(5,6)7)30(20)26-17-18-28-25(22(26)3)15-11-19-41-28/h8-10,12-14,16-18,33,36H,11,15,19H2,1-7H3,(H,37,38)/t33-/m0/s1. The van der Waals surface area contributed by atoms with Crippen molar-refractivity contribution in [2.24, 2.45) is 0 Å². The summed E-state index contributed by atoms with van der Waals surface area (Å²) in [5.74, 6) is -0.301. The van der Waals surface area contributed by atoms with E-state index in [0.29, 0.717) is 34.4 Å². The number of aliphatic carboxylic acids is 1. The average molecular weight is 602 g/mol. The van der Waals surface area contributed by atoms with Gasteiger partial charge < -0.3 is 14.6 Å². The zero-order chi connectivity index (χ0) is 31.3. The predicted molar refractivity (Wildman–Crippen MR) is 171 cm³/mol. The van der Waals surface area contributed by atoms with Crippen LogP contribution in [0.2, 0.25) is 0 Å². The lowest BCUT2D eigenvalue weighted by Gasteiger charge is -2.31. The lowest BCUT2D eigenvalue weighted by Crippen LogP contribution is -2.29. The monoisotopic (exact) mass is 601 g/mol. The first-order valence-corrected chi connectivity index (χ1v) is 16.0. The van der Waals surface area contributed by atoms with Gasteiger partial charge in [0.15, 0.2) is 6.10 Å². The lowest BCUT2D eigenvalue weighted by molar-refractivity contribution is -0.160. The number of hydrogen-bond acceptors (Lipinski definition) is 5. The Bertz CT molecular complexity index is 1850. The second kappa shape index (κ2) is 11.3. The van der Waals surface area contributed by atoms with E-state index in [1.807, 2.05) is 77.9 Å². The molecule has 1 aliphatic heterocycles. The SMILES string of the molecule is Cc1c(-c2c(C)c(C)c(NS(=O)(=O)c3cccc4ccccc34)c(C)c2[C@H](OC(C)(C)C)C(=O)O)ccc2c1CCCO2. The maximum Gasteiger partial charge on any atom is 0.337 e. The summed E-state index contributed by atoms with van der Waals surface area (Å²) in [6, 6.07) is 16.4. The summed E-state index contributed by atoms with van der Waals surface area (Å²) in [6.45, 7) is 13.7. The van der Waals surface area contributed by atoms with Crippen LogP contribution >= 0.6 is 0 Å². The third-order valence-electron chi connectivity index (χ3n) is 8.25. The number of rotatable bonds is 7. The van der Waals surface area contributed by atoms with Crippen molar-refractivity contribution in [2.75, 3.05) is 11.3 Å². The first kappa shape index (κ1) is 30.6. The molecular weight excluding hydrogens is 562 g/mol. The Kier molecular flexibility index (Phi) is 8.05. The highest BCUT2D eigenvalue weighted by Gasteiger charge is 2.35. The Hall–Kier alpha value is -3.88. The van der Waals surface area contributed by atoms with Gasteiger partial charge in [-0.15, -0.1) is 0 Å². The molecule has 43 heavy (non-hydrogen) atoms. The number of ether oxygens (including phenoxy) is 2. The maximum absolute atomic E-state index is 14.0. The highest BCUT2D eigenvalue weighted by molar-refractivity contribution is 7.93. The van der Waals surface area contributed by atoms with Gasteiger partial charge in [0.25, 0.3) is 10.0 Å². The smallest absolute Gasteiger partial charge is 0.337 e. The molecule has 4 aromatic rings. The molecule has 1 aliphatic rings. The lowest BCUT2D eigenvalue weighted by atomic mass is 9.82. The van der Waals surface area contributed by atoms with Crippen molar-refractivity contribution < 1.29 is 27.8 Å². The molecule has 0 fully saturated rings. The van der Waals surface area contributed by atoms with Gasteiger partial charge in [0, 0.05) is 10.9 Å². The number of carboxylic acids is 1. The van der Waals surface area contributed by atoms with E-state index in [4.69, 9.17) is 9.47 Å². The molecule has 0 bridgehead atoms. The van der Waals surface area contributed by atoms with E-state index in [0.717, 1.165) is 51.8 Å². The molecule has 0 saturated heterocycles. The van der Waals surface area contributed by atoms with Crippen molar-refractivity contribution in [2.45, 2.75) is 77.9 Å². The number of sulfonamides is 1. The molecule has 2 N–H and O–H groups in total. The third kappa shape index (κ3) is 5.74. The van der Waals surface area contributed by atoms with E-state index >= 15 is 0 Å². The van der Waals surface area contributed by atoms with Crippen LogP contribution in [0.4, 0.5) is 5.69 Å². The van der Waals surface area contributed by atoms with Gasteiger partial charge in [-0.3, -0.25) is 4.72 Å². The quantitative estimate of drug-likeness (QED) is 0.224. The summed E-state index contributed by atoms with van der Waals surface area (Å²) in [7, 11) is -4.05. The summed E-state index contributed by atoms with van der Waals surface area (Å²) >= 11 is 0. The van der Waals surface area contributed by atoms with Crippen LogP contribution in [0.5, 0.6) is 5.75 Å². The number of hydrogen-bond donors (Lipinski definition) is 2. The van der Waals surface area contributed by atoms with Crippen molar-refractivity contribution in [1.29, 1.82) is 0 Å². The van der Waals surface area contributed by atoms with Crippen LogP contribution in [-0.2, 0) is 26.0 Å². The van der Waals surface area contributed by atoms with Crippen LogP contribution in [0.15, 0.2) is 59.5 Å². The van der Waals surface area contributed by atoms with Crippen LogP contribution in [-0.4, -0.2) is 31.7 Å². The van der Waals surface area contributed by atoms with E-state index in [2.05, 4.69) is 4.72 Å². The minimum absolute atomic E-state index is 0.152. The molecule has 7 nitrogen and oxygen atoms in total. The molecule has 0 aliphatic carbocycles. The Morgan fingerprint density at radius 1 is 0.930 bits per heavy atom. The van der Waals surface area contributed by atoms with E-state index in [-0.39, 0.29) is 4.90 Å². The number of carbonyl (C=O) groups is 1. The fraction of sp³-hybridized carbons (Fsp3) is 0.343. The minimum atomic E-state index is -4.05. The molecule has 0 aromatic heterocycles.